The minimum atomic E-state index is -1.03. The Bertz CT molecular complexity index is 300. The van der Waals surface area contributed by atoms with Gasteiger partial charge in [0.05, 0.1) is 5.60 Å². The van der Waals surface area contributed by atoms with Gasteiger partial charge in [0.1, 0.15) is 0 Å². The molecule has 14 heavy (non-hydrogen) atoms. The first-order chi connectivity index (χ1) is 6.95. The summed E-state index contributed by atoms with van der Waals surface area (Å²) in [4.78, 5) is 0. The fraction of sp³-hybridized carbons (Fsp3) is 0.500. The minimum Gasteiger partial charge on any atom is -0.396 e. The van der Waals surface area contributed by atoms with Gasteiger partial charge < -0.3 is 10.2 Å². The van der Waals surface area contributed by atoms with Crippen molar-refractivity contribution in [2.45, 2.75) is 32.3 Å². The van der Waals surface area contributed by atoms with Crippen LogP contribution in [0, 0.1) is 0 Å². The fourth-order valence-electron chi connectivity index (χ4n) is 1.32. The van der Waals surface area contributed by atoms with Crippen LogP contribution in [-0.2, 0) is 12.8 Å². The Balaban J connectivity index is 2.80. The summed E-state index contributed by atoms with van der Waals surface area (Å²) in [5.74, 6) is 0. The highest BCUT2D eigenvalue weighted by atomic mass is 16.3. The largest absolute Gasteiger partial charge is 0.396 e. The number of aliphatic hydroxyl groups is 2. The van der Waals surface area contributed by atoms with Gasteiger partial charge in [0.15, 0.2) is 0 Å². The Hall–Kier alpha value is -0.860. The molecule has 0 bridgehead atoms. The number of hydrogen-bond acceptors (Lipinski definition) is 2. The van der Waals surface area contributed by atoms with Crippen LogP contribution in [0.2, 0.25) is 0 Å². The fourth-order valence-corrected chi connectivity index (χ4v) is 1.32. The quantitative estimate of drug-likeness (QED) is 0.765. The van der Waals surface area contributed by atoms with E-state index in [1.807, 2.05) is 24.3 Å². The van der Waals surface area contributed by atoms with Crippen LogP contribution in [0.5, 0.6) is 0 Å². The summed E-state index contributed by atoms with van der Waals surface area (Å²) in [7, 11) is 0. The number of rotatable bonds is 4. The molecule has 0 radical (unpaired) electrons. The lowest BCUT2D eigenvalue weighted by molar-refractivity contribution is 0.0810. The van der Waals surface area contributed by atoms with Crippen LogP contribution in [0.15, 0.2) is 24.3 Å². The van der Waals surface area contributed by atoms with E-state index in [9.17, 15) is 5.11 Å². The number of hydrogen-bond donors (Lipinski definition) is 2. The normalized spacial score (nSPS) is 15.0. The van der Waals surface area contributed by atoms with Gasteiger partial charge in [-0.05, 0) is 31.4 Å². The van der Waals surface area contributed by atoms with Gasteiger partial charge in [-0.1, -0.05) is 24.3 Å². The Kier molecular flexibility index (Phi) is 3.17. The average molecular weight is 195 g/mol. The molecule has 0 saturated heterocycles. The van der Waals surface area contributed by atoms with Crippen molar-refractivity contribution in [3.8, 4) is 0 Å². The number of aliphatic hydroxyl groups excluding tert-OH is 1. The van der Waals surface area contributed by atoms with Crippen molar-refractivity contribution in [2.75, 3.05) is 6.61 Å². The van der Waals surface area contributed by atoms with Crippen LogP contribution < -0.4 is 0 Å². The highest BCUT2D eigenvalue weighted by molar-refractivity contribution is 5.23. The molecule has 1 aromatic carbocycles. The standard InChI is InChI=1S/C12H18O2/c1-12(2,14)9-11-5-3-10(4-6-11)7-8-13/h3-6,13-14H,7-9H2,1-2H3/i9D. The molecule has 1 aromatic rings. The van der Waals surface area contributed by atoms with Crippen molar-refractivity contribution in [3.63, 3.8) is 0 Å². The maximum atomic E-state index is 9.68. The van der Waals surface area contributed by atoms with E-state index >= 15 is 0 Å². The first-order valence-corrected chi connectivity index (χ1v) is 4.79. The second-order valence-electron chi connectivity index (χ2n) is 4.01. The van der Waals surface area contributed by atoms with Crippen LogP contribution in [0.1, 0.15) is 26.3 Å². The van der Waals surface area contributed by atoms with Crippen molar-refractivity contribution in [1.82, 2.24) is 0 Å². The van der Waals surface area contributed by atoms with E-state index in [-0.39, 0.29) is 6.61 Å². The molecule has 1 unspecified atom stereocenters. The van der Waals surface area contributed by atoms with Gasteiger partial charge in [0, 0.05) is 14.4 Å². The highest BCUT2D eigenvalue weighted by Gasteiger charge is 2.12. The highest BCUT2D eigenvalue weighted by Crippen LogP contribution is 2.13. The van der Waals surface area contributed by atoms with Gasteiger partial charge in [-0.2, -0.15) is 0 Å². The summed E-state index contributed by atoms with van der Waals surface area (Å²) in [5.41, 5.74) is 0.812. The molecular weight excluding hydrogens is 176 g/mol. The van der Waals surface area contributed by atoms with Gasteiger partial charge in [0.25, 0.3) is 0 Å². The van der Waals surface area contributed by atoms with Gasteiger partial charge in [-0.15, -0.1) is 0 Å². The zero-order chi connectivity index (χ0) is 11.5. The van der Waals surface area contributed by atoms with Crippen LogP contribution in [0.3, 0.4) is 0 Å². The van der Waals surface area contributed by atoms with Crippen molar-refractivity contribution in [3.05, 3.63) is 35.4 Å². The molecule has 0 heterocycles. The second kappa shape index (κ2) is 4.58. The SMILES string of the molecule is [2H]C(c1ccc(CCO)cc1)C(C)(C)O. The van der Waals surface area contributed by atoms with Gasteiger partial charge in [-0.25, -0.2) is 0 Å². The van der Waals surface area contributed by atoms with Crippen LogP contribution in [-0.4, -0.2) is 22.4 Å². The zero-order valence-corrected chi connectivity index (χ0v) is 8.70. The molecule has 1 rings (SSSR count). The molecule has 0 aromatic heterocycles. The molecule has 2 nitrogen and oxygen atoms in total. The minimum absolute atomic E-state index is 0.134. The predicted molar refractivity (Wildman–Crippen MR) is 57.2 cm³/mol. The van der Waals surface area contributed by atoms with Crippen LogP contribution >= 0.6 is 0 Å². The Morgan fingerprint density at radius 3 is 2.14 bits per heavy atom. The smallest absolute Gasteiger partial charge is 0.0631 e. The molecule has 78 valence electrons. The summed E-state index contributed by atoms with van der Waals surface area (Å²) in [5, 5.41) is 18.4. The Morgan fingerprint density at radius 1 is 1.21 bits per heavy atom. The summed E-state index contributed by atoms with van der Waals surface area (Å²) < 4.78 is 7.84. The van der Waals surface area contributed by atoms with E-state index < -0.39 is 12.0 Å². The Labute approximate surface area is 86.6 Å². The summed E-state index contributed by atoms with van der Waals surface area (Å²) in [6.07, 6.45) is -0.00784. The van der Waals surface area contributed by atoms with Crippen molar-refractivity contribution < 1.29 is 11.6 Å². The average Bonchev–Trinajstić information content (AvgIpc) is 2.17. The second-order valence-corrected chi connectivity index (χ2v) is 4.01. The molecule has 0 spiro atoms. The van der Waals surface area contributed by atoms with E-state index in [2.05, 4.69) is 0 Å². The van der Waals surface area contributed by atoms with E-state index in [1.54, 1.807) is 13.8 Å². The summed E-state index contributed by atoms with van der Waals surface area (Å²) >= 11 is 0. The van der Waals surface area contributed by atoms with Gasteiger partial charge in [-0.3, -0.25) is 0 Å². The predicted octanol–water partition coefficient (Wildman–Crippen LogP) is 1.53. The molecule has 2 N–H and O–H groups in total. The van der Waals surface area contributed by atoms with Gasteiger partial charge >= 0.3 is 0 Å². The van der Waals surface area contributed by atoms with Crippen molar-refractivity contribution >= 4 is 0 Å². The summed E-state index contributed by atoms with van der Waals surface area (Å²) in [6, 6.07) is 7.44. The number of benzene rings is 1. The molecular formula is C12H18O2. The van der Waals surface area contributed by atoms with Crippen molar-refractivity contribution in [2.24, 2.45) is 0 Å². The van der Waals surface area contributed by atoms with E-state index in [1.165, 1.54) is 0 Å². The molecule has 0 saturated carbocycles. The maximum absolute atomic E-state index is 9.68. The third-order valence-corrected chi connectivity index (χ3v) is 1.90. The maximum Gasteiger partial charge on any atom is 0.0631 e. The van der Waals surface area contributed by atoms with Crippen LogP contribution in [0.25, 0.3) is 0 Å². The molecule has 0 aliphatic carbocycles. The van der Waals surface area contributed by atoms with Crippen molar-refractivity contribution in [1.29, 1.82) is 0 Å². The topological polar surface area (TPSA) is 40.5 Å². The molecule has 0 fully saturated rings. The van der Waals surface area contributed by atoms with E-state index in [0.29, 0.717) is 6.42 Å². The molecule has 2 heteroatoms. The lowest BCUT2D eigenvalue weighted by atomic mass is 9.97. The van der Waals surface area contributed by atoms with Gasteiger partial charge in [0.2, 0.25) is 0 Å². The first-order valence-electron chi connectivity index (χ1n) is 5.37. The van der Waals surface area contributed by atoms with Crippen LogP contribution in [0.4, 0.5) is 0 Å². The third-order valence-electron chi connectivity index (χ3n) is 1.90. The monoisotopic (exact) mass is 195 g/mol. The first kappa shape index (κ1) is 9.69. The molecule has 0 aliphatic heterocycles. The summed E-state index contributed by atoms with van der Waals surface area (Å²) in [6.45, 7) is 3.40. The van der Waals surface area contributed by atoms with E-state index in [0.717, 1.165) is 11.1 Å². The molecule has 1 atom stereocenters. The molecule has 0 amide bonds. The third kappa shape index (κ3) is 3.90. The Morgan fingerprint density at radius 2 is 1.71 bits per heavy atom. The lowest BCUT2D eigenvalue weighted by Gasteiger charge is -2.16. The lowest BCUT2D eigenvalue weighted by Crippen LogP contribution is -2.21. The molecule has 0 aliphatic rings. The zero-order valence-electron chi connectivity index (χ0n) is 9.70. The van der Waals surface area contributed by atoms with E-state index in [4.69, 9.17) is 6.48 Å².